The average molecular weight is 1000 g/mol. The number of rotatable bonds is 12. The Bertz CT molecular complexity index is 2740. The molecule has 2 fully saturated rings. The number of benzene rings is 3. The highest BCUT2D eigenvalue weighted by Crippen LogP contribution is 2.33. The summed E-state index contributed by atoms with van der Waals surface area (Å²) in [6.45, 7) is 6.27. The molecule has 378 valence electrons. The number of carbonyl (C=O) groups excluding carboxylic acids is 5. The maximum atomic E-state index is 14.2. The van der Waals surface area contributed by atoms with Crippen LogP contribution in [0.15, 0.2) is 73.2 Å². The number of halogens is 2. The molecule has 5 N–H and O–H groups in total. The zero-order chi connectivity index (χ0) is 50.7. The number of anilines is 2. The van der Waals surface area contributed by atoms with Crippen LogP contribution in [0, 0.1) is 11.6 Å². The number of nitrogens with zero attached hydrogens (tertiary/aromatic N) is 6. The van der Waals surface area contributed by atoms with Crippen LogP contribution in [0.2, 0.25) is 0 Å². The van der Waals surface area contributed by atoms with Crippen LogP contribution in [-0.4, -0.2) is 116 Å². The number of piperidine rings is 2. The second kappa shape index (κ2) is 20.9. The summed E-state index contributed by atoms with van der Waals surface area (Å²) in [7, 11) is -4.24. The Morgan fingerprint density at radius 1 is 0.746 bits per heavy atom. The molecule has 5 heterocycles. The lowest BCUT2D eigenvalue weighted by Crippen LogP contribution is -2.50. The third-order valence-corrected chi connectivity index (χ3v) is 15.1. The molecule has 1 atom stereocenters. The molecule has 3 aromatic carbocycles. The Hall–Kier alpha value is -6.78. The highest BCUT2D eigenvalue weighted by Gasteiger charge is 2.35. The van der Waals surface area contributed by atoms with Crippen LogP contribution < -0.4 is 20.7 Å². The minimum atomic E-state index is -4.24. The number of carbonyl (C=O) groups is 5. The van der Waals surface area contributed by atoms with Crippen molar-refractivity contribution in [3.05, 3.63) is 118 Å². The highest BCUT2D eigenvalue weighted by atomic mass is 32.2. The largest absolute Gasteiger partial charge is 0.443 e. The van der Waals surface area contributed by atoms with Gasteiger partial charge in [-0.2, -0.15) is 12.7 Å². The van der Waals surface area contributed by atoms with Crippen molar-refractivity contribution in [2.45, 2.75) is 109 Å². The Balaban J connectivity index is 0.706. The summed E-state index contributed by atoms with van der Waals surface area (Å²) < 4.78 is 62.9. The van der Waals surface area contributed by atoms with Gasteiger partial charge in [0.1, 0.15) is 23.6 Å². The summed E-state index contributed by atoms with van der Waals surface area (Å²) in [5.74, 6) is -2.81. The Morgan fingerprint density at radius 3 is 1.90 bits per heavy atom. The molecule has 4 aliphatic rings. The molecule has 8 rings (SSSR count). The maximum absolute atomic E-state index is 14.2. The first-order valence-corrected chi connectivity index (χ1v) is 25.0. The van der Waals surface area contributed by atoms with Crippen LogP contribution in [0.1, 0.15) is 105 Å². The topological polar surface area (TPSA) is 236 Å². The Labute approximate surface area is 410 Å². The van der Waals surface area contributed by atoms with Gasteiger partial charge in [-0.25, -0.2) is 37.9 Å². The molecule has 2 saturated heterocycles. The van der Waals surface area contributed by atoms with E-state index >= 15 is 0 Å². The number of amides is 7. The fourth-order valence-corrected chi connectivity index (χ4v) is 10.5. The number of hydrogen-bond donors (Lipinski definition) is 5. The highest BCUT2D eigenvalue weighted by molar-refractivity contribution is 7.87. The van der Waals surface area contributed by atoms with Crippen molar-refractivity contribution in [3.8, 4) is 0 Å². The summed E-state index contributed by atoms with van der Waals surface area (Å²) in [6.07, 6.45) is 4.30. The van der Waals surface area contributed by atoms with E-state index < -0.39 is 57.0 Å². The number of urea groups is 2. The molecule has 0 spiro atoms. The van der Waals surface area contributed by atoms with Crippen molar-refractivity contribution in [1.82, 2.24) is 39.0 Å². The summed E-state index contributed by atoms with van der Waals surface area (Å²) in [5, 5.41) is 19.3. The lowest BCUT2D eigenvalue weighted by molar-refractivity contribution is -0.147. The van der Waals surface area contributed by atoms with Crippen LogP contribution >= 0.6 is 0 Å². The van der Waals surface area contributed by atoms with Gasteiger partial charge in [0.15, 0.2) is 0 Å². The molecule has 71 heavy (non-hydrogen) atoms. The van der Waals surface area contributed by atoms with E-state index in [1.807, 2.05) is 41.1 Å². The van der Waals surface area contributed by atoms with Crippen LogP contribution in [0.5, 0.6) is 0 Å². The molecule has 0 bridgehead atoms. The van der Waals surface area contributed by atoms with Gasteiger partial charge in [-0.05, 0) is 118 Å². The van der Waals surface area contributed by atoms with Gasteiger partial charge in [-0.15, -0.1) is 0 Å². The van der Waals surface area contributed by atoms with Crippen LogP contribution in [0.25, 0.3) is 0 Å². The molecule has 1 aromatic heterocycles. The zero-order valence-electron chi connectivity index (χ0n) is 39.8. The molecule has 22 heteroatoms. The smallest absolute Gasteiger partial charge is 0.422 e. The second-order valence-corrected chi connectivity index (χ2v) is 21.2. The molecule has 4 aliphatic heterocycles. The predicted octanol–water partition coefficient (Wildman–Crippen LogP) is 5.83. The maximum Gasteiger partial charge on any atom is 0.422 e. The second-order valence-electron chi connectivity index (χ2n) is 19.5. The van der Waals surface area contributed by atoms with E-state index in [2.05, 4.69) is 25.9 Å². The van der Waals surface area contributed by atoms with Gasteiger partial charge in [0, 0.05) is 74.0 Å². The van der Waals surface area contributed by atoms with E-state index in [9.17, 15) is 46.3 Å². The molecule has 0 saturated carbocycles. The molecular weight excluding hydrogens is 943 g/mol. The number of likely N-dealkylation sites (tertiary alicyclic amines) is 1. The molecule has 4 aromatic rings. The van der Waals surface area contributed by atoms with Crippen molar-refractivity contribution < 1.29 is 51.0 Å². The van der Waals surface area contributed by atoms with E-state index in [4.69, 9.17) is 4.74 Å². The van der Waals surface area contributed by atoms with Crippen molar-refractivity contribution in [1.29, 1.82) is 0 Å². The van der Waals surface area contributed by atoms with E-state index in [0.717, 1.165) is 28.5 Å². The standard InChI is InChI=1S/C49H58F2N10O9S/c1-48(2,70-47(66)57-71(68,69)61-20-14-34(15-21-61)32-6-10-39(11-7-32)56-46(65)60-26-36-24-52-30-54-42(36)28-60)16-17-49(3,67)29-53-43(62)44(63)58-18-12-33(13-19-58)31-4-8-38(9-5-31)55-45(64)59-25-35-22-37(50)23-41(51)40(35)27-59/h4-11,22-24,30,33-34,67H,12-21,25-29H2,1-3H3,(H,53,62)(H,55,64)(H,56,65)(H,57,66). The number of aromatic nitrogens is 2. The fraction of sp³-hybridized carbons (Fsp3) is 0.449. The van der Waals surface area contributed by atoms with E-state index in [0.29, 0.717) is 74.4 Å². The molecule has 19 nitrogen and oxygen atoms in total. The molecular formula is C49H58F2N10O9S. The van der Waals surface area contributed by atoms with Gasteiger partial charge in [-0.1, -0.05) is 24.3 Å². The van der Waals surface area contributed by atoms with Gasteiger partial charge in [0.2, 0.25) is 0 Å². The average Bonchev–Trinajstić information content (AvgIpc) is 3.99. The monoisotopic (exact) mass is 1000 g/mol. The summed E-state index contributed by atoms with van der Waals surface area (Å²) in [5.41, 5.74) is 2.89. The minimum Gasteiger partial charge on any atom is -0.443 e. The zero-order valence-corrected chi connectivity index (χ0v) is 40.6. The van der Waals surface area contributed by atoms with Gasteiger partial charge >= 0.3 is 40.2 Å². The van der Waals surface area contributed by atoms with Crippen molar-refractivity contribution >= 4 is 51.6 Å². The molecule has 0 aliphatic carbocycles. The molecule has 0 radical (unpaired) electrons. The lowest BCUT2D eigenvalue weighted by Gasteiger charge is -2.33. The van der Waals surface area contributed by atoms with E-state index in [-0.39, 0.29) is 63.4 Å². The van der Waals surface area contributed by atoms with Gasteiger partial charge in [0.05, 0.1) is 30.9 Å². The minimum absolute atomic E-state index is 0.0276. The number of fused-ring (bicyclic) bond motifs is 2. The van der Waals surface area contributed by atoms with Crippen LogP contribution in [0.3, 0.4) is 0 Å². The number of nitrogens with one attached hydrogen (secondary N) is 4. The van der Waals surface area contributed by atoms with Crippen LogP contribution in [-0.2, 0) is 50.7 Å². The summed E-state index contributed by atoms with van der Waals surface area (Å²) >= 11 is 0. The fourth-order valence-electron chi connectivity index (χ4n) is 9.38. The Morgan fingerprint density at radius 2 is 1.31 bits per heavy atom. The first kappa shape index (κ1) is 50.6. The number of hydrogen-bond acceptors (Lipinski definition) is 11. The Kier molecular flexibility index (Phi) is 14.9. The van der Waals surface area contributed by atoms with Gasteiger partial charge < -0.3 is 40.5 Å². The number of ether oxygens (including phenoxy) is 1. The predicted molar refractivity (Wildman–Crippen MR) is 255 cm³/mol. The van der Waals surface area contributed by atoms with E-state index in [1.54, 1.807) is 37.1 Å². The third-order valence-electron chi connectivity index (χ3n) is 13.6. The molecule has 1 unspecified atom stereocenters. The summed E-state index contributed by atoms with van der Waals surface area (Å²) in [6, 6.07) is 16.1. The SMILES string of the molecule is CC(O)(CCC(C)(C)OC(=O)NS(=O)(=O)N1CCC(c2ccc(NC(=O)N3Cc4cncnc4C3)cc2)CC1)CNC(=O)C(=O)N1CCC(c2ccc(NC(=O)N3Cc4cc(F)cc(F)c4C3)cc2)CC1. The lowest BCUT2D eigenvalue weighted by atomic mass is 9.89. The quantitative estimate of drug-likeness (QED) is 0.106. The first-order valence-electron chi connectivity index (χ1n) is 23.6. The van der Waals surface area contributed by atoms with Crippen LogP contribution in [0.4, 0.5) is 34.5 Å². The first-order chi connectivity index (χ1) is 33.7. The molecule has 7 amide bonds. The van der Waals surface area contributed by atoms with Crippen molar-refractivity contribution in [3.63, 3.8) is 0 Å². The number of aliphatic hydroxyl groups is 1. The normalized spacial score (nSPS) is 17.5. The third kappa shape index (κ3) is 12.6. The van der Waals surface area contributed by atoms with Crippen molar-refractivity contribution in [2.24, 2.45) is 0 Å². The van der Waals surface area contributed by atoms with Gasteiger partial charge in [-0.3, -0.25) is 9.59 Å². The van der Waals surface area contributed by atoms with E-state index in [1.165, 1.54) is 33.4 Å². The summed E-state index contributed by atoms with van der Waals surface area (Å²) in [4.78, 5) is 77.4. The van der Waals surface area contributed by atoms with Gasteiger partial charge in [0.25, 0.3) is 0 Å². The van der Waals surface area contributed by atoms with Crippen molar-refractivity contribution in [2.75, 3.05) is 43.4 Å².